The number of rotatable bonds is 7. The van der Waals surface area contributed by atoms with Crippen LogP contribution < -0.4 is 0 Å². The van der Waals surface area contributed by atoms with Crippen LogP contribution in [0.5, 0.6) is 0 Å². The maximum atomic E-state index is 10.3. The van der Waals surface area contributed by atoms with E-state index >= 15 is 0 Å². The molecule has 0 fully saturated rings. The molecule has 0 atom stereocenters. The van der Waals surface area contributed by atoms with Crippen LogP contribution in [0.3, 0.4) is 0 Å². The van der Waals surface area contributed by atoms with Gasteiger partial charge in [0.25, 0.3) is 0 Å². The minimum absolute atomic E-state index is 0.380. The van der Waals surface area contributed by atoms with E-state index in [2.05, 4.69) is 89.5 Å². The van der Waals surface area contributed by atoms with Crippen LogP contribution in [0.2, 0.25) is 0 Å². The average Bonchev–Trinajstić information content (AvgIpc) is 3.98. The van der Waals surface area contributed by atoms with Crippen LogP contribution in [-0.4, -0.2) is 19.5 Å². The average molecular weight is 893 g/mol. The highest BCUT2D eigenvalue weighted by atomic mass is 16.3. The van der Waals surface area contributed by atoms with E-state index in [1.165, 1.54) is 0 Å². The predicted molar refractivity (Wildman–Crippen MR) is 273 cm³/mol. The molecule has 0 unspecified atom stereocenters. The quantitative estimate of drug-likeness (QED) is 0.153. The molecule has 0 saturated carbocycles. The maximum absolute atomic E-state index is 10.3. The van der Waals surface area contributed by atoms with E-state index in [1.807, 2.05) is 109 Å². The van der Waals surface area contributed by atoms with Crippen molar-refractivity contribution in [3.8, 4) is 97.5 Å². The van der Waals surface area contributed by atoms with Crippen molar-refractivity contribution in [3.63, 3.8) is 0 Å². The third-order valence-electron chi connectivity index (χ3n) is 12.8. The second-order valence-electron chi connectivity index (χ2n) is 16.8. The van der Waals surface area contributed by atoms with Crippen LogP contribution in [0, 0.1) is 45.3 Å². The van der Waals surface area contributed by atoms with Crippen LogP contribution in [0.1, 0.15) is 22.3 Å². The van der Waals surface area contributed by atoms with E-state index in [-0.39, 0.29) is 0 Å². The molecule has 9 aromatic carbocycles. The molecule has 0 N–H and O–H groups in total. The van der Waals surface area contributed by atoms with E-state index in [1.54, 1.807) is 24.3 Å². The second kappa shape index (κ2) is 16.8. The molecular formula is C61H32N8O. The number of benzene rings is 9. The topological polar surface area (TPSA) is 152 Å². The molecule has 70 heavy (non-hydrogen) atoms. The Bertz CT molecular complexity index is 4100. The van der Waals surface area contributed by atoms with Gasteiger partial charge in [-0.15, -0.1) is 0 Å². The number of furan rings is 1. The van der Waals surface area contributed by atoms with E-state index in [0.29, 0.717) is 56.4 Å². The number of para-hydroxylation sites is 2. The fourth-order valence-electron chi connectivity index (χ4n) is 9.51. The molecule has 0 saturated heterocycles. The van der Waals surface area contributed by atoms with E-state index in [0.717, 1.165) is 82.8 Å². The Balaban J connectivity index is 1.20. The molecule has 12 rings (SSSR count). The van der Waals surface area contributed by atoms with Gasteiger partial charge in [0, 0.05) is 43.8 Å². The van der Waals surface area contributed by atoms with Gasteiger partial charge in [-0.25, -0.2) is 15.0 Å². The lowest BCUT2D eigenvalue weighted by Gasteiger charge is -2.17. The smallest absolute Gasteiger partial charge is 0.166 e. The Labute approximate surface area is 400 Å². The first-order valence-electron chi connectivity index (χ1n) is 22.4. The number of fused-ring (bicyclic) bond motifs is 6. The summed E-state index contributed by atoms with van der Waals surface area (Å²) < 4.78 is 8.80. The number of hydrogen-bond acceptors (Lipinski definition) is 8. The molecule has 3 heterocycles. The van der Waals surface area contributed by atoms with Crippen LogP contribution >= 0.6 is 0 Å². The predicted octanol–water partition coefficient (Wildman–Crippen LogP) is 14.4. The van der Waals surface area contributed by atoms with E-state index < -0.39 is 0 Å². The summed E-state index contributed by atoms with van der Waals surface area (Å²) in [5, 5.41) is 44.0. The lowest BCUT2D eigenvalue weighted by atomic mass is 9.96. The molecule has 12 aromatic rings. The molecule has 0 amide bonds. The zero-order valence-electron chi connectivity index (χ0n) is 37.0. The minimum Gasteiger partial charge on any atom is -0.455 e. The van der Waals surface area contributed by atoms with Crippen molar-refractivity contribution in [1.29, 1.82) is 21.0 Å². The number of nitriles is 4. The van der Waals surface area contributed by atoms with Gasteiger partial charge in [-0.1, -0.05) is 140 Å². The monoisotopic (exact) mass is 892 g/mol. The normalized spacial score (nSPS) is 11.1. The van der Waals surface area contributed by atoms with Crippen molar-refractivity contribution >= 4 is 43.7 Å². The summed E-state index contributed by atoms with van der Waals surface area (Å²) >= 11 is 0. The van der Waals surface area contributed by atoms with Crippen LogP contribution in [0.15, 0.2) is 199 Å². The van der Waals surface area contributed by atoms with Gasteiger partial charge in [0.1, 0.15) is 11.2 Å². The fourth-order valence-corrected chi connectivity index (χ4v) is 9.51. The largest absolute Gasteiger partial charge is 0.455 e. The summed E-state index contributed by atoms with van der Waals surface area (Å²) in [6.07, 6.45) is 0. The number of aromatic nitrogens is 4. The lowest BCUT2D eigenvalue weighted by molar-refractivity contribution is 0.670. The zero-order chi connectivity index (χ0) is 47.3. The van der Waals surface area contributed by atoms with Gasteiger partial charge in [0.05, 0.1) is 63.3 Å². The molecule has 9 nitrogen and oxygen atoms in total. The van der Waals surface area contributed by atoms with Crippen LogP contribution in [-0.2, 0) is 0 Å². The van der Waals surface area contributed by atoms with Crippen LogP contribution in [0.4, 0.5) is 0 Å². The molecule has 0 radical (unpaired) electrons. The molecule has 0 bridgehead atoms. The molecule has 0 aliphatic carbocycles. The Hall–Kier alpha value is -10.5. The molecule has 9 heteroatoms. The Kier molecular flexibility index (Phi) is 9.82. The SMILES string of the molecule is N#Cc1ccc(-c2ccc3c4ccc(-c5ccc(C#N)cc5C#N)cc4n(-c4ccc(-c5cccc6c5oc5ccccc56)cc4-c4nc(-c5ccccc5)nc(-c5ccccc5)n4)c3c2)c(C#N)c1. The number of nitrogens with zero attached hydrogens (tertiary/aromatic N) is 8. The Morgan fingerprint density at radius 3 is 1.44 bits per heavy atom. The summed E-state index contributed by atoms with van der Waals surface area (Å²) in [6.45, 7) is 0. The molecule has 0 spiro atoms. The standard InChI is InChI=1S/C61H32N8O/c62-33-37-18-23-46(44(28-37)35-64)42-20-25-49-50-26-21-43(47-24-19-38(34-63)29-45(47)36-65)32-56(50)69(55(49)31-42)54-27-22-41(48-15-9-16-52-51-14-7-8-17-57(51)70-58(48)52)30-53(54)61-67-59(39-10-3-1-4-11-39)66-60(68-61)40-12-5-2-6-13-40/h1-32H. The molecule has 0 aliphatic rings. The Morgan fingerprint density at radius 1 is 0.357 bits per heavy atom. The molecule has 3 aromatic heterocycles. The third-order valence-corrected chi connectivity index (χ3v) is 12.8. The van der Waals surface area contributed by atoms with Crippen molar-refractivity contribution in [3.05, 3.63) is 216 Å². The fraction of sp³-hybridized carbons (Fsp3) is 0. The minimum atomic E-state index is 0.380. The lowest BCUT2D eigenvalue weighted by Crippen LogP contribution is -2.04. The first-order chi connectivity index (χ1) is 34.5. The van der Waals surface area contributed by atoms with Crippen molar-refractivity contribution in [2.45, 2.75) is 0 Å². The first-order valence-corrected chi connectivity index (χ1v) is 22.4. The van der Waals surface area contributed by atoms with Gasteiger partial charge >= 0.3 is 0 Å². The maximum Gasteiger partial charge on any atom is 0.166 e. The summed E-state index contributed by atoms with van der Waals surface area (Å²) in [4.78, 5) is 15.6. The van der Waals surface area contributed by atoms with Gasteiger partial charge in [0.2, 0.25) is 0 Å². The number of hydrogen-bond donors (Lipinski definition) is 0. The summed E-state index contributed by atoms with van der Waals surface area (Å²) in [6, 6.07) is 71.8. The molecule has 0 aliphatic heterocycles. The highest BCUT2D eigenvalue weighted by molar-refractivity contribution is 6.13. The summed E-state index contributed by atoms with van der Waals surface area (Å²) in [5.74, 6) is 1.43. The third kappa shape index (κ3) is 6.88. The molecule has 322 valence electrons. The Morgan fingerprint density at radius 2 is 0.871 bits per heavy atom. The van der Waals surface area contributed by atoms with Gasteiger partial charge < -0.3 is 8.98 Å². The van der Waals surface area contributed by atoms with Crippen LogP contribution in [0.25, 0.3) is 117 Å². The molecular weight excluding hydrogens is 861 g/mol. The first kappa shape index (κ1) is 41.0. The summed E-state index contributed by atoms with van der Waals surface area (Å²) in [7, 11) is 0. The van der Waals surface area contributed by atoms with Gasteiger partial charge in [-0.2, -0.15) is 21.0 Å². The highest BCUT2D eigenvalue weighted by Crippen LogP contribution is 2.43. The van der Waals surface area contributed by atoms with Crippen molar-refractivity contribution < 1.29 is 4.42 Å². The van der Waals surface area contributed by atoms with E-state index in [4.69, 9.17) is 19.4 Å². The zero-order valence-corrected chi connectivity index (χ0v) is 37.0. The van der Waals surface area contributed by atoms with Gasteiger partial charge in [-0.05, 0) is 82.4 Å². The second-order valence-corrected chi connectivity index (χ2v) is 16.8. The van der Waals surface area contributed by atoms with Gasteiger partial charge in [-0.3, -0.25) is 0 Å². The highest BCUT2D eigenvalue weighted by Gasteiger charge is 2.23. The summed E-state index contributed by atoms with van der Waals surface area (Å²) in [5.41, 5.74) is 12.5. The van der Waals surface area contributed by atoms with Crippen molar-refractivity contribution in [2.24, 2.45) is 0 Å². The van der Waals surface area contributed by atoms with Gasteiger partial charge in [0.15, 0.2) is 17.5 Å². The van der Waals surface area contributed by atoms with Crippen molar-refractivity contribution in [1.82, 2.24) is 19.5 Å². The van der Waals surface area contributed by atoms with E-state index in [9.17, 15) is 21.0 Å². The van der Waals surface area contributed by atoms with Crippen molar-refractivity contribution in [2.75, 3.05) is 0 Å².